The zero-order chi connectivity index (χ0) is 9.80. The zero-order valence-electron chi connectivity index (χ0n) is 8.12. The molecule has 0 saturated carbocycles. The van der Waals surface area contributed by atoms with Crippen LogP contribution in [0.3, 0.4) is 0 Å². The summed E-state index contributed by atoms with van der Waals surface area (Å²) in [4.78, 5) is 0.662. The molecular formula is C11H15BrOS. The summed E-state index contributed by atoms with van der Waals surface area (Å²) in [5.74, 6) is 0.698. The lowest BCUT2D eigenvalue weighted by Gasteiger charge is -2.27. The van der Waals surface area contributed by atoms with Crippen LogP contribution in [-0.4, -0.2) is 18.0 Å². The molecule has 0 aliphatic carbocycles. The van der Waals surface area contributed by atoms with E-state index >= 15 is 0 Å². The average Bonchev–Trinajstić information content (AvgIpc) is 2.69. The normalized spacial score (nSPS) is 27.8. The Balaban J connectivity index is 1.79. The molecule has 0 N–H and O–H groups in total. The highest BCUT2D eigenvalue weighted by atomic mass is 79.9. The Hall–Kier alpha value is 0.140. The predicted molar refractivity (Wildman–Crippen MR) is 64.3 cm³/mol. The van der Waals surface area contributed by atoms with Crippen LogP contribution >= 0.6 is 27.3 Å². The molecule has 1 aliphatic heterocycles. The third kappa shape index (κ3) is 2.81. The molecule has 2 unspecified atom stereocenters. The van der Waals surface area contributed by atoms with Crippen LogP contribution in [0.1, 0.15) is 18.4 Å². The minimum Gasteiger partial charge on any atom is -0.381 e. The Bertz CT molecular complexity index is 260. The SMILES string of the molecule is BrC1CCOCC1CCc1ccsc1. The van der Waals surface area contributed by atoms with Crippen molar-refractivity contribution in [1.82, 2.24) is 0 Å². The molecule has 1 saturated heterocycles. The standard InChI is InChI=1S/C11H15BrOS/c12-11-3-5-13-7-10(11)2-1-9-4-6-14-8-9/h4,6,8,10-11H,1-3,5,7H2. The Labute approximate surface area is 97.6 Å². The van der Waals surface area contributed by atoms with Crippen molar-refractivity contribution in [3.05, 3.63) is 22.4 Å². The van der Waals surface area contributed by atoms with Crippen molar-refractivity contribution in [3.63, 3.8) is 0 Å². The van der Waals surface area contributed by atoms with Crippen molar-refractivity contribution in [1.29, 1.82) is 0 Å². The van der Waals surface area contributed by atoms with E-state index in [-0.39, 0.29) is 0 Å². The lowest BCUT2D eigenvalue weighted by atomic mass is 9.95. The van der Waals surface area contributed by atoms with Gasteiger partial charge in [-0.1, -0.05) is 15.9 Å². The molecule has 0 aromatic carbocycles. The number of alkyl halides is 1. The van der Waals surface area contributed by atoms with E-state index < -0.39 is 0 Å². The second kappa shape index (κ2) is 5.29. The molecule has 1 aromatic rings. The first-order valence-electron chi connectivity index (χ1n) is 5.09. The van der Waals surface area contributed by atoms with Crippen molar-refractivity contribution in [2.24, 2.45) is 5.92 Å². The van der Waals surface area contributed by atoms with E-state index in [4.69, 9.17) is 4.74 Å². The highest BCUT2D eigenvalue weighted by Gasteiger charge is 2.22. The van der Waals surface area contributed by atoms with Gasteiger partial charge >= 0.3 is 0 Å². The molecule has 3 heteroatoms. The fourth-order valence-electron chi connectivity index (χ4n) is 1.82. The van der Waals surface area contributed by atoms with Crippen molar-refractivity contribution >= 4 is 27.3 Å². The smallest absolute Gasteiger partial charge is 0.0505 e. The largest absolute Gasteiger partial charge is 0.381 e. The van der Waals surface area contributed by atoms with E-state index in [0.29, 0.717) is 10.7 Å². The van der Waals surface area contributed by atoms with E-state index in [1.807, 2.05) is 0 Å². The first-order valence-corrected chi connectivity index (χ1v) is 6.95. The van der Waals surface area contributed by atoms with Crippen LogP contribution < -0.4 is 0 Å². The van der Waals surface area contributed by atoms with Gasteiger partial charge in [0.05, 0.1) is 6.61 Å². The number of aryl methyl sites for hydroxylation is 1. The maximum Gasteiger partial charge on any atom is 0.0505 e. The van der Waals surface area contributed by atoms with E-state index in [1.54, 1.807) is 11.3 Å². The monoisotopic (exact) mass is 274 g/mol. The van der Waals surface area contributed by atoms with Crippen LogP contribution in [0.25, 0.3) is 0 Å². The third-order valence-electron chi connectivity index (χ3n) is 2.77. The Morgan fingerprint density at radius 2 is 2.50 bits per heavy atom. The van der Waals surface area contributed by atoms with Crippen LogP contribution in [-0.2, 0) is 11.2 Å². The van der Waals surface area contributed by atoms with E-state index in [1.165, 1.54) is 18.4 Å². The summed E-state index contributed by atoms with van der Waals surface area (Å²) < 4.78 is 5.50. The molecule has 0 bridgehead atoms. The lowest BCUT2D eigenvalue weighted by molar-refractivity contribution is 0.0574. The highest BCUT2D eigenvalue weighted by Crippen LogP contribution is 2.26. The van der Waals surface area contributed by atoms with Gasteiger partial charge in [0.2, 0.25) is 0 Å². The Kier molecular flexibility index (Phi) is 4.02. The van der Waals surface area contributed by atoms with E-state index in [2.05, 4.69) is 32.8 Å². The molecule has 1 nitrogen and oxygen atoms in total. The van der Waals surface area contributed by atoms with Crippen molar-refractivity contribution in [3.8, 4) is 0 Å². The molecule has 2 atom stereocenters. The minimum atomic E-state index is 0.662. The molecule has 0 amide bonds. The number of hydrogen-bond acceptors (Lipinski definition) is 2. The van der Waals surface area contributed by atoms with E-state index in [0.717, 1.165) is 19.6 Å². The summed E-state index contributed by atoms with van der Waals surface area (Å²) in [6, 6.07) is 2.22. The van der Waals surface area contributed by atoms with Gasteiger partial charge in [-0.2, -0.15) is 11.3 Å². The fourth-order valence-corrected chi connectivity index (χ4v) is 3.13. The third-order valence-corrected chi connectivity index (χ3v) is 4.70. The summed E-state index contributed by atoms with van der Waals surface area (Å²) in [7, 11) is 0. The van der Waals surface area contributed by atoms with Crippen LogP contribution in [0.15, 0.2) is 16.8 Å². The fraction of sp³-hybridized carbons (Fsp3) is 0.636. The number of hydrogen-bond donors (Lipinski definition) is 0. The maximum atomic E-state index is 5.50. The van der Waals surface area contributed by atoms with Gasteiger partial charge in [0.1, 0.15) is 0 Å². The molecule has 0 radical (unpaired) electrons. The Morgan fingerprint density at radius 1 is 1.57 bits per heavy atom. The number of thiophene rings is 1. The molecule has 78 valence electrons. The Morgan fingerprint density at radius 3 is 3.21 bits per heavy atom. The number of rotatable bonds is 3. The van der Waals surface area contributed by atoms with Gasteiger partial charge < -0.3 is 4.74 Å². The van der Waals surface area contributed by atoms with Gasteiger partial charge in [-0.3, -0.25) is 0 Å². The summed E-state index contributed by atoms with van der Waals surface area (Å²) in [5.41, 5.74) is 1.47. The van der Waals surface area contributed by atoms with Crippen LogP contribution in [0, 0.1) is 5.92 Å². The van der Waals surface area contributed by atoms with E-state index in [9.17, 15) is 0 Å². The molecule has 14 heavy (non-hydrogen) atoms. The minimum absolute atomic E-state index is 0.662. The first kappa shape index (κ1) is 10.7. The molecule has 1 fully saturated rings. The predicted octanol–water partition coefficient (Wildman–Crippen LogP) is 3.48. The van der Waals surface area contributed by atoms with Gasteiger partial charge in [0.15, 0.2) is 0 Å². The quantitative estimate of drug-likeness (QED) is 0.767. The summed E-state index contributed by atoms with van der Waals surface area (Å²) in [5, 5.41) is 4.39. The second-order valence-electron chi connectivity index (χ2n) is 3.81. The summed E-state index contributed by atoms with van der Waals surface area (Å²) >= 11 is 5.53. The van der Waals surface area contributed by atoms with Gasteiger partial charge in [-0.25, -0.2) is 0 Å². The molecule has 1 aliphatic rings. The number of halogens is 1. The molecule has 2 rings (SSSR count). The summed E-state index contributed by atoms with van der Waals surface area (Å²) in [6.45, 7) is 1.85. The van der Waals surface area contributed by atoms with Crippen molar-refractivity contribution in [2.45, 2.75) is 24.1 Å². The van der Waals surface area contributed by atoms with Crippen molar-refractivity contribution in [2.75, 3.05) is 13.2 Å². The topological polar surface area (TPSA) is 9.23 Å². The number of ether oxygens (including phenoxy) is 1. The van der Waals surface area contributed by atoms with Crippen molar-refractivity contribution < 1.29 is 4.74 Å². The molecule has 1 aromatic heterocycles. The van der Waals surface area contributed by atoms with Crippen LogP contribution in [0.5, 0.6) is 0 Å². The second-order valence-corrected chi connectivity index (χ2v) is 5.77. The average molecular weight is 275 g/mol. The molecular weight excluding hydrogens is 260 g/mol. The van der Waals surface area contributed by atoms with Gasteiger partial charge in [0.25, 0.3) is 0 Å². The lowest BCUT2D eigenvalue weighted by Crippen LogP contribution is -2.28. The molecule has 0 spiro atoms. The molecule has 2 heterocycles. The van der Waals surface area contributed by atoms with Gasteiger partial charge in [0, 0.05) is 11.4 Å². The van der Waals surface area contributed by atoms with Gasteiger partial charge in [-0.15, -0.1) is 0 Å². The van der Waals surface area contributed by atoms with Crippen LogP contribution in [0.4, 0.5) is 0 Å². The van der Waals surface area contributed by atoms with Crippen LogP contribution in [0.2, 0.25) is 0 Å². The maximum absolute atomic E-state index is 5.50. The zero-order valence-corrected chi connectivity index (χ0v) is 10.5. The summed E-state index contributed by atoms with van der Waals surface area (Å²) in [6.07, 6.45) is 3.60. The highest BCUT2D eigenvalue weighted by molar-refractivity contribution is 9.09. The first-order chi connectivity index (χ1) is 6.86. The van der Waals surface area contributed by atoms with Gasteiger partial charge in [-0.05, 0) is 47.6 Å².